The molecule has 3 fully saturated rings. The van der Waals surface area contributed by atoms with E-state index in [1.54, 1.807) is 0 Å². The van der Waals surface area contributed by atoms with Crippen molar-refractivity contribution < 1.29 is 14.4 Å². The van der Waals surface area contributed by atoms with Crippen LogP contribution in [0.1, 0.15) is 54.6 Å². The second-order valence-corrected chi connectivity index (χ2v) is 8.21. The first-order valence-corrected chi connectivity index (χ1v) is 10.1. The summed E-state index contributed by atoms with van der Waals surface area (Å²) in [5.74, 6) is -0.0838. The molecule has 0 saturated carbocycles. The van der Waals surface area contributed by atoms with E-state index in [1.165, 1.54) is 4.90 Å². The summed E-state index contributed by atoms with van der Waals surface area (Å²) in [7, 11) is 0. The first-order chi connectivity index (χ1) is 13.5. The zero-order chi connectivity index (χ0) is 19.4. The van der Waals surface area contributed by atoms with Crippen LogP contribution in [-0.4, -0.2) is 50.6 Å². The van der Waals surface area contributed by atoms with Crippen LogP contribution in [0.3, 0.4) is 0 Å². The summed E-state index contributed by atoms with van der Waals surface area (Å²) in [6, 6.07) is 9.80. The van der Waals surface area contributed by atoms with Crippen LogP contribution in [0.4, 0.5) is 0 Å². The number of hydrogen-bond acceptors (Lipinski definition) is 4. The van der Waals surface area contributed by atoms with E-state index in [4.69, 9.17) is 0 Å². The molecule has 28 heavy (non-hydrogen) atoms. The van der Waals surface area contributed by atoms with Gasteiger partial charge in [-0.3, -0.25) is 24.3 Å². The van der Waals surface area contributed by atoms with E-state index < -0.39 is 0 Å². The second-order valence-electron chi connectivity index (χ2n) is 8.21. The number of benzene rings is 1. The van der Waals surface area contributed by atoms with Crippen molar-refractivity contribution in [2.24, 2.45) is 0 Å². The number of likely N-dealkylation sites (tertiary alicyclic amines) is 1. The molecule has 5 rings (SSSR count). The van der Waals surface area contributed by atoms with E-state index in [1.807, 2.05) is 42.2 Å². The van der Waals surface area contributed by atoms with E-state index in [-0.39, 0.29) is 35.8 Å². The summed E-state index contributed by atoms with van der Waals surface area (Å²) in [6.45, 7) is 1.93. The Kier molecular flexibility index (Phi) is 3.96. The molecule has 0 spiro atoms. The third-order valence-corrected chi connectivity index (χ3v) is 6.49. The SMILES string of the molecule is Cc1ccc2cccc(C(=O)N3C4CCC3CC(N3C(=O)CCC3=O)C4)c2n1. The lowest BCUT2D eigenvalue weighted by Gasteiger charge is -2.41. The van der Waals surface area contributed by atoms with Crippen LogP contribution < -0.4 is 0 Å². The fourth-order valence-corrected chi connectivity index (χ4v) is 5.25. The van der Waals surface area contributed by atoms with Crippen molar-refractivity contribution >= 4 is 28.6 Å². The van der Waals surface area contributed by atoms with Gasteiger partial charge in [0, 0.05) is 42.0 Å². The fraction of sp³-hybridized carbons (Fsp3) is 0.455. The number of imide groups is 1. The third-order valence-electron chi connectivity index (χ3n) is 6.49. The number of amides is 3. The van der Waals surface area contributed by atoms with Crippen LogP contribution in [0.15, 0.2) is 30.3 Å². The van der Waals surface area contributed by atoms with E-state index in [2.05, 4.69) is 4.98 Å². The number of carbonyl (C=O) groups excluding carboxylic acids is 3. The Morgan fingerprint density at radius 2 is 1.64 bits per heavy atom. The third kappa shape index (κ3) is 2.62. The molecular weight excluding hydrogens is 354 g/mol. The predicted molar refractivity (Wildman–Crippen MR) is 104 cm³/mol. The van der Waals surface area contributed by atoms with Crippen molar-refractivity contribution in [2.75, 3.05) is 0 Å². The molecule has 1 aromatic heterocycles. The van der Waals surface area contributed by atoms with Gasteiger partial charge < -0.3 is 4.90 Å². The van der Waals surface area contributed by atoms with Gasteiger partial charge in [0.2, 0.25) is 11.8 Å². The molecule has 144 valence electrons. The largest absolute Gasteiger partial charge is 0.332 e. The van der Waals surface area contributed by atoms with Crippen molar-refractivity contribution in [1.29, 1.82) is 0 Å². The van der Waals surface area contributed by atoms with Crippen molar-refractivity contribution in [1.82, 2.24) is 14.8 Å². The Balaban J connectivity index is 1.44. The average Bonchev–Trinajstić information content (AvgIpc) is 3.15. The highest BCUT2D eigenvalue weighted by atomic mass is 16.2. The average molecular weight is 377 g/mol. The number of pyridine rings is 1. The minimum atomic E-state index is -0.0584. The standard InChI is InChI=1S/C22H23N3O3/c1-13-5-6-14-3-2-4-18(21(14)23-13)22(28)24-15-7-8-16(24)12-17(11-15)25-19(26)9-10-20(25)27/h2-6,15-17H,7-12H2,1H3. The van der Waals surface area contributed by atoms with E-state index >= 15 is 0 Å². The van der Waals surface area contributed by atoms with Crippen LogP contribution in [0, 0.1) is 6.92 Å². The normalized spacial score (nSPS) is 27.1. The van der Waals surface area contributed by atoms with Gasteiger partial charge >= 0.3 is 0 Å². The number of para-hydroxylation sites is 1. The molecule has 4 heterocycles. The summed E-state index contributed by atoms with van der Waals surface area (Å²) in [5, 5.41) is 0.965. The summed E-state index contributed by atoms with van der Waals surface area (Å²) >= 11 is 0. The van der Waals surface area contributed by atoms with Gasteiger partial charge in [0.1, 0.15) is 0 Å². The van der Waals surface area contributed by atoms with Crippen LogP contribution in [0.25, 0.3) is 10.9 Å². The minimum absolute atomic E-state index is 0.0220. The Morgan fingerprint density at radius 1 is 0.964 bits per heavy atom. The highest BCUT2D eigenvalue weighted by Crippen LogP contribution is 2.40. The van der Waals surface area contributed by atoms with Gasteiger partial charge in [-0.1, -0.05) is 18.2 Å². The lowest BCUT2D eigenvalue weighted by molar-refractivity contribution is -0.142. The number of carbonyl (C=O) groups is 3. The summed E-state index contributed by atoms with van der Waals surface area (Å²) in [4.78, 5) is 45.9. The maximum atomic E-state index is 13.5. The molecule has 0 radical (unpaired) electrons. The number of aromatic nitrogens is 1. The molecule has 6 nitrogen and oxygen atoms in total. The number of aryl methyl sites for hydroxylation is 1. The van der Waals surface area contributed by atoms with Crippen LogP contribution in [-0.2, 0) is 9.59 Å². The molecule has 1 aromatic carbocycles. The molecular formula is C22H23N3O3. The Labute approximate surface area is 163 Å². The maximum Gasteiger partial charge on any atom is 0.256 e. The van der Waals surface area contributed by atoms with Crippen LogP contribution in [0.2, 0.25) is 0 Å². The summed E-state index contributed by atoms with van der Waals surface area (Å²) in [5.41, 5.74) is 2.28. The Hall–Kier alpha value is -2.76. The quantitative estimate of drug-likeness (QED) is 0.755. The monoisotopic (exact) mass is 377 g/mol. The molecule has 3 aliphatic heterocycles. The second kappa shape index (κ2) is 6.40. The molecule has 0 aliphatic carbocycles. The molecule has 3 amide bonds. The lowest BCUT2D eigenvalue weighted by atomic mass is 9.94. The zero-order valence-corrected chi connectivity index (χ0v) is 15.9. The smallest absolute Gasteiger partial charge is 0.256 e. The van der Waals surface area contributed by atoms with Gasteiger partial charge in [0.25, 0.3) is 5.91 Å². The number of rotatable bonds is 2. The predicted octanol–water partition coefficient (Wildman–Crippen LogP) is 2.83. The highest BCUT2D eigenvalue weighted by Gasteiger charge is 2.48. The van der Waals surface area contributed by atoms with E-state index in [0.717, 1.165) is 29.4 Å². The molecule has 3 saturated heterocycles. The first-order valence-electron chi connectivity index (χ1n) is 10.1. The molecule has 6 heteroatoms. The van der Waals surface area contributed by atoms with E-state index in [9.17, 15) is 14.4 Å². The van der Waals surface area contributed by atoms with Gasteiger partial charge in [0.05, 0.1) is 11.1 Å². The molecule has 3 aliphatic rings. The Morgan fingerprint density at radius 3 is 2.32 bits per heavy atom. The van der Waals surface area contributed by atoms with Crippen molar-refractivity contribution in [3.05, 3.63) is 41.6 Å². The number of fused-ring (bicyclic) bond motifs is 3. The summed E-state index contributed by atoms with van der Waals surface area (Å²) < 4.78 is 0. The number of nitrogens with zero attached hydrogens (tertiary/aromatic N) is 3. The van der Waals surface area contributed by atoms with Gasteiger partial charge in [-0.2, -0.15) is 0 Å². The maximum absolute atomic E-state index is 13.5. The highest BCUT2D eigenvalue weighted by molar-refractivity contribution is 6.06. The molecule has 0 N–H and O–H groups in total. The molecule has 2 atom stereocenters. The fourth-order valence-electron chi connectivity index (χ4n) is 5.25. The van der Waals surface area contributed by atoms with Crippen molar-refractivity contribution in [3.63, 3.8) is 0 Å². The summed E-state index contributed by atoms with van der Waals surface area (Å²) in [6.07, 6.45) is 3.90. The number of hydrogen-bond donors (Lipinski definition) is 0. The zero-order valence-electron chi connectivity index (χ0n) is 15.9. The molecule has 2 aromatic rings. The van der Waals surface area contributed by atoms with Crippen LogP contribution in [0.5, 0.6) is 0 Å². The van der Waals surface area contributed by atoms with Gasteiger partial charge in [-0.15, -0.1) is 0 Å². The number of piperidine rings is 1. The van der Waals surface area contributed by atoms with Crippen LogP contribution >= 0.6 is 0 Å². The first kappa shape index (κ1) is 17.3. The molecule has 2 unspecified atom stereocenters. The van der Waals surface area contributed by atoms with Crippen molar-refractivity contribution in [3.8, 4) is 0 Å². The van der Waals surface area contributed by atoms with Crippen molar-refractivity contribution in [2.45, 2.75) is 63.6 Å². The molecule has 2 bridgehead atoms. The minimum Gasteiger partial charge on any atom is -0.332 e. The topological polar surface area (TPSA) is 70.6 Å². The Bertz CT molecular complexity index is 972. The van der Waals surface area contributed by atoms with Gasteiger partial charge in [0.15, 0.2) is 0 Å². The van der Waals surface area contributed by atoms with Gasteiger partial charge in [-0.25, -0.2) is 0 Å². The van der Waals surface area contributed by atoms with E-state index in [0.29, 0.717) is 31.2 Å². The lowest BCUT2D eigenvalue weighted by Crippen LogP contribution is -2.53. The van der Waals surface area contributed by atoms with Gasteiger partial charge in [-0.05, 0) is 44.7 Å².